The lowest BCUT2D eigenvalue weighted by molar-refractivity contribution is 0.388. The zero-order valence-electron chi connectivity index (χ0n) is 4.59. The van der Waals surface area contributed by atoms with E-state index in [-0.39, 0.29) is 0 Å². The molecule has 0 aromatic carbocycles. The first kappa shape index (κ1) is 6.70. The van der Waals surface area contributed by atoms with Gasteiger partial charge in [-0.3, -0.25) is 0 Å². The molecule has 0 saturated heterocycles. The van der Waals surface area contributed by atoms with E-state index in [4.69, 9.17) is 5.11 Å². The molecule has 0 heterocycles. The quantitative estimate of drug-likeness (QED) is 0.535. The molecule has 1 heteroatoms. The molecule has 0 atom stereocenters. The van der Waals surface area contributed by atoms with Gasteiger partial charge in [0, 0.05) is 0 Å². The fourth-order valence-corrected chi connectivity index (χ4v) is 0.324. The number of aliphatic hydroxyl groups excluding tert-OH is 1. The summed E-state index contributed by atoms with van der Waals surface area (Å²) in [5.41, 5.74) is 0. The van der Waals surface area contributed by atoms with Crippen LogP contribution in [0.5, 0.6) is 0 Å². The standard InChI is InChI=1S/C6H11O/c1-2-3-4-5-6-7/h3-4,6-7H,2,5H2,1H3/b4-3-. The van der Waals surface area contributed by atoms with E-state index >= 15 is 0 Å². The SMILES string of the molecule is CC/C=C\C[CH]O. The number of hydrogen-bond donors (Lipinski definition) is 1. The van der Waals surface area contributed by atoms with Crippen molar-refractivity contribution in [3.8, 4) is 0 Å². The Labute approximate surface area is 44.7 Å². The van der Waals surface area contributed by atoms with Crippen LogP contribution < -0.4 is 0 Å². The molecule has 0 bridgehead atoms. The summed E-state index contributed by atoms with van der Waals surface area (Å²) in [5, 5.41) is 8.12. The van der Waals surface area contributed by atoms with Crippen LogP contribution in [0.1, 0.15) is 19.8 Å². The second-order valence-corrected chi connectivity index (χ2v) is 1.30. The van der Waals surface area contributed by atoms with Gasteiger partial charge in [0.2, 0.25) is 0 Å². The van der Waals surface area contributed by atoms with Crippen molar-refractivity contribution in [3.63, 3.8) is 0 Å². The highest BCUT2D eigenvalue weighted by molar-refractivity contribution is 4.81. The van der Waals surface area contributed by atoms with Crippen LogP contribution in [0.2, 0.25) is 0 Å². The number of allylic oxidation sites excluding steroid dienone is 1. The molecule has 0 fully saturated rings. The third-order valence-electron chi connectivity index (χ3n) is 0.644. The van der Waals surface area contributed by atoms with Gasteiger partial charge in [0.05, 0.1) is 6.61 Å². The van der Waals surface area contributed by atoms with E-state index in [0.717, 1.165) is 13.0 Å². The average molecular weight is 99.2 g/mol. The third kappa shape index (κ3) is 5.70. The Balaban J connectivity index is 2.78. The van der Waals surface area contributed by atoms with Crippen LogP contribution in [0.3, 0.4) is 0 Å². The summed E-state index contributed by atoms with van der Waals surface area (Å²) in [4.78, 5) is 0. The molecule has 0 aromatic heterocycles. The summed E-state index contributed by atoms with van der Waals surface area (Å²) in [7, 11) is 0. The van der Waals surface area contributed by atoms with Gasteiger partial charge in [-0.2, -0.15) is 0 Å². The van der Waals surface area contributed by atoms with E-state index in [1.807, 2.05) is 12.2 Å². The molecule has 0 spiro atoms. The van der Waals surface area contributed by atoms with Gasteiger partial charge in [0.15, 0.2) is 0 Å². The van der Waals surface area contributed by atoms with Crippen molar-refractivity contribution in [2.75, 3.05) is 0 Å². The van der Waals surface area contributed by atoms with Crippen LogP contribution in [0, 0.1) is 6.61 Å². The minimum Gasteiger partial charge on any atom is -0.390 e. The van der Waals surface area contributed by atoms with Gasteiger partial charge < -0.3 is 5.11 Å². The van der Waals surface area contributed by atoms with Crippen molar-refractivity contribution < 1.29 is 5.11 Å². The molecule has 0 aliphatic heterocycles. The van der Waals surface area contributed by atoms with Crippen molar-refractivity contribution in [2.45, 2.75) is 19.8 Å². The predicted molar refractivity (Wildman–Crippen MR) is 30.3 cm³/mol. The molecule has 1 radical (unpaired) electrons. The average Bonchev–Trinajstić information content (AvgIpc) is 1.69. The van der Waals surface area contributed by atoms with Crippen molar-refractivity contribution in [1.29, 1.82) is 0 Å². The van der Waals surface area contributed by atoms with E-state index in [9.17, 15) is 0 Å². The van der Waals surface area contributed by atoms with E-state index in [2.05, 4.69) is 6.92 Å². The van der Waals surface area contributed by atoms with Gasteiger partial charge in [-0.15, -0.1) is 0 Å². The smallest absolute Gasteiger partial charge is 0.0836 e. The molecule has 7 heavy (non-hydrogen) atoms. The highest BCUT2D eigenvalue weighted by Crippen LogP contribution is 1.85. The molecule has 41 valence electrons. The summed E-state index contributed by atoms with van der Waals surface area (Å²) in [5.74, 6) is 0. The minimum absolute atomic E-state index is 0.674. The first-order chi connectivity index (χ1) is 3.41. The summed E-state index contributed by atoms with van der Waals surface area (Å²) < 4.78 is 0. The molecule has 0 aliphatic carbocycles. The number of hydrogen-bond acceptors (Lipinski definition) is 1. The maximum Gasteiger partial charge on any atom is 0.0836 e. The van der Waals surface area contributed by atoms with Crippen molar-refractivity contribution >= 4 is 0 Å². The molecule has 0 amide bonds. The zero-order valence-corrected chi connectivity index (χ0v) is 4.59. The Kier molecular flexibility index (Phi) is 5.46. The summed E-state index contributed by atoms with van der Waals surface area (Å²) in [6.45, 7) is 3.21. The molecule has 1 nitrogen and oxygen atoms in total. The van der Waals surface area contributed by atoms with Crippen molar-refractivity contribution in [3.05, 3.63) is 18.8 Å². The van der Waals surface area contributed by atoms with Crippen LogP contribution in [0.4, 0.5) is 0 Å². The first-order valence-corrected chi connectivity index (χ1v) is 2.52. The lowest BCUT2D eigenvalue weighted by atomic mass is 10.3. The summed E-state index contributed by atoms with van der Waals surface area (Å²) in [6.07, 6.45) is 5.68. The number of rotatable bonds is 3. The second kappa shape index (κ2) is 5.70. The van der Waals surface area contributed by atoms with Gasteiger partial charge in [0.25, 0.3) is 0 Å². The Bertz CT molecular complexity index is 48.1. The monoisotopic (exact) mass is 99.1 g/mol. The van der Waals surface area contributed by atoms with Gasteiger partial charge in [-0.25, -0.2) is 0 Å². The molecule has 0 aromatic rings. The first-order valence-electron chi connectivity index (χ1n) is 2.52. The summed E-state index contributed by atoms with van der Waals surface area (Å²) >= 11 is 0. The minimum atomic E-state index is 0.674. The highest BCUT2D eigenvalue weighted by Gasteiger charge is 1.70. The van der Waals surface area contributed by atoms with Crippen LogP contribution in [0.25, 0.3) is 0 Å². The Morgan fingerprint density at radius 3 is 2.57 bits per heavy atom. The second-order valence-electron chi connectivity index (χ2n) is 1.30. The van der Waals surface area contributed by atoms with E-state index in [0.29, 0.717) is 6.42 Å². The zero-order chi connectivity index (χ0) is 5.54. The van der Waals surface area contributed by atoms with Crippen LogP contribution in [-0.2, 0) is 0 Å². The van der Waals surface area contributed by atoms with E-state index in [1.54, 1.807) is 0 Å². The van der Waals surface area contributed by atoms with Crippen molar-refractivity contribution in [2.24, 2.45) is 0 Å². The van der Waals surface area contributed by atoms with Gasteiger partial charge >= 0.3 is 0 Å². The topological polar surface area (TPSA) is 20.2 Å². The molecule has 0 rings (SSSR count). The predicted octanol–water partition coefficient (Wildman–Crippen LogP) is 1.88. The Morgan fingerprint density at radius 1 is 1.43 bits per heavy atom. The molecule has 1 N–H and O–H groups in total. The fourth-order valence-electron chi connectivity index (χ4n) is 0.324. The van der Waals surface area contributed by atoms with Crippen LogP contribution in [-0.4, -0.2) is 5.11 Å². The lowest BCUT2D eigenvalue weighted by Gasteiger charge is -1.78. The van der Waals surface area contributed by atoms with E-state index < -0.39 is 0 Å². The fraction of sp³-hybridized carbons (Fsp3) is 0.500. The molecular formula is C6H11O. The number of aliphatic hydroxyl groups is 1. The van der Waals surface area contributed by atoms with Gasteiger partial charge in [-0.05, 0) is 12.8 Å². The Morgan fingerprint density at radius 2 is 2.14 bits per heavy atom. The normalized spacial score (nSPS) is 10.6. The molecule has 0 saturated carbocycles. The molecule has 0 unspecified atom stereocenters. The maximum atomic E-state index is 8.12. The Hall–Kier alpha value is -0.300. The van der Waals surface area contributed by atoms with Crippen molar-refractivity contribution in [1.82, 2.24) is 0 Å². The highest BCUT2D eigenvalue weighted by atomic mass is 16.2. The van der Waals surface area contributed by atoms with Crippen LogP contribution in [0.15, 0.2) is 12.2 Å². The summed E-state index contributed by atoms with van der Waals surface area (Å²) in [6, 6.07) is 0. The third-order valence-corrected chi connectivity index (χ3v) is 0.644. The lowest BCUT2D eigenvalue weighted by Crippen LogP contribution is -1.64. The van der Waals surface area contributed by atoms with Crippen LogP contribution >= 0.6 is 0 Å². The largest absolute Gasteiger partial charge is 0.390 e. The van der Waals surface area contributed by atoms with Gasteiger partial charge in [0.1, 0.15) is 0 Å². The molecular weight excluding hydrogens is 88.1 g/mol. The van der Waals surface area contributed by atoms with Gasteiger partial charge in [-0.1, -0.05) is 19.1 Å². The molecule has 0 aliphatic rings. The van der Waals surface area contributed by atoms with E-state index in [1.165, 1.54) is 0 Å². The maximum absolute atomic E-state index is 8.12.